The lowest BCUT2D eigenvalue weighted by Crippen LogP contribution is -2.25. The molecule has 86 valence electrons. The van der Waals surface area contributed by atoms with Crippen molar-refractivity contribution in [1.82, 2.24) is 0 Å². The third-order valence-corrected chi connectivity index (χ3v) is 3.37. The Morgan fingerprint density at radius 1 is 1.31 bits per heavy atom. The number of hydrogen-bond acceptors (Lipinski definition) is 1. The van der Waals surface area contributed by atoms with Crippen molar-refractivity contribution >= 4 is 56.8 Å². The van der Waals surface area contributed by atoms with E-state index in [0.29, 0.717) is 20.2 Å². The Morgan fingerprint density at radius 3 is 2.25 bits per heavy atom. The number of hydrogen-bond donors (Lipinski definition) is 3. The van der Waals surface area contributed by atoms with Crippen molar-refractivity contribution in [2.75, 3.05) is 5.32 Å². The number of anilines is 1. The lowest BCUT2D eigenvalue weighted by molar-refractivity contribution is 0.259. The van der Waals surface area contributed by atoms with E-state index in [-0.39, 0.29) is 5.96 Å². The normalized spacial score (nSPS) is 9.69. The number of benzene rings is 1. The smallest absolute Gasteiger partial charge is 0.348 e. The number of guanidine groups is 1. The fourth-order valence-electron chi connectivity index (χ4n) is 0.896. The van der Waals surface area contributed by atoms with Crippen LogP contribution in [0.5, 0.6) is 0 Å². The van der Waals surface area contributed by atoms with Crippen LogP contribution in [0.25, 0.3) is 0 Å². The van der Waals surface area contributed by atoms with Crippen LogP contribution in [0.3, 0.4) is 0 Å². The molecule has 0 aromatic heterocycles. The molecule has 0 saturated heterocycles. The summed E-state index contributed by atoms with van der Waals surface area (Å²) in [6.07, 6.45) is 0. The van der Waals surface area contributed by atoms with E-state index in [4.69, 9.17) is 34.7 Å². The fourth-order valence-corrected chi connectivity index (χ4v) is 1.61. The molecule has 0 radical (unpaired) electrons. The molecule has 0 spiro atoms. The standard InChI is InChI=1S/C8H7BrCl2N4O/c9-6-4(10)1-3(2-5(6)11)14-8(16)15-7(12)13/h1-2H,(H5,12,13,14,15,16). The average Bonchev–Trinajstić information content (AvgIpc) is 2.12. The van der Waals surface area contributed by atoms with Gasteiger partial charge in [0.1, 0.15) is 0 Å². The average molecular weight is 326 g/mol. The van der Waals surface area contributed by atoms with Crippen LogP contribution in [0.2, 0.25) is 10.0 Å². The Hall–Kier alpha value is -0.980. The molecule has 0 saturated carbocycles. The Bertz CT molecular complexity index is 436. The fraction of sp³-hybridized carbons (Fsp3) is 0. The number of nitrogens with zero attached hydrogens (tertiary/aromatic N) is 1. The van der Waals surface area contributed by atoms with E-state index < -0.39 is 6.03 Å². The van der Waals surface area contributed by atoms with Crippen LogP contribution in [-0.2, 0) is 0 Å². The predicted molar refractivity (Wildman–Crippen MR) is 69.0 cm³/mol. The van der Waals surface area contributed by atoms with E-state index >= 15 is 0 Å². The van der Waals surface area contributed by atoms with Crippen LogP contribution in [0.15, 0.2) is 21.6 Å². The van der Waals surface area contributed by atoms with Crippen LogP contribution < -0.4 is 16.8 Å². The molecule has 5 nitrogen and oxygen atoms in total. The summed E-state index contributed by atoms with van der Waals surface area (Å²) in [4.78, 5) is 14.5. The molecule has 1 aromatic rings. The summed E-state index contributed by atoms with van der Waals surface area (Å²) in [6.45, 7) is 0. The third-order valence-electron chi connectivity index (χ3n) is 1.47. The molecule has 0 aliphatic rings. The number of aliphatic imine (C=N–C) groups is 1. The van der Waals surface area contributed by atoms with Gasteiger partial charge >= 0.3 is 6.03 Å². The van der Waals surface area contributed by atoms with E-state index in [1.54, 1.807) is 0 Å². The van der Waals surface area contributed by atoms with Crippen molar-refractivity contribution in [3.63, 3.8) is 0 Å². The summed E-state index contributed by atoms with van der Waals surface area (Å²) in [6, 6.07) is 2.32. The lowest BCUT2D eigenvalue weighted by atomic mass is 10.3. The van der Waals surface area contributed by atoms with Crippen molar-refractivity contribution in [1.29, 1.82) is 0 Å². The van der Waals surface area contributed by atoms with Gasteiger partial charge in [-0.05, 0) is 28.1 Å². The molecule has 0 atom stereocenters. The van der Waals surface area contributed by atoms with Gasteiger partial charge in [0, 0.05) is 5.69 Å². The monoisotopic (exact) mass is 324 g/mol. The van der Waals surface area contributed by atoms with Gasteiger partial charge in [-0.3, -0.25) is 0 Å². The van der Waals surface area contributed by atoms with E-state index in [1.165, 1.54) is 12.1 Å². The molecule has 0 unspecified atom stereocenters. The highest BCUT2D eigenvalue weighted by atomic mass is 79.9. The maximum absolute atomic E-state index is 11.2. The first-order valence-electron chi connectivity index (χ1n) is 3.95. The van der Waals surface area contributed by atoms with Gasteiger partial charge in [-0.1, -0.05) is 23.2 Å². The highest BCUT2D eigenvalue weighted by Gasteiger charge is 2.07. The van der Waals surface area contributed by atoms with Gasteiger partial charge in [-0.15, -0.1) is 0 Å². The Labute approximate surface area is 110 Å². The minimum absolute atomic E-state index is 0.327. The first-order chi connectivity index (χ1) is 7.40. The number of urea groups is 1. The Balaban J connectivity index is 2.91. The molecule has 0 aliphatic heterocycles. The second kappa shape index (κ2) is 5.38. The van der Waals surface area contributed by atoms with Crippen LogP contribution in [-0.4, -0.2) is 12.0 Å². The van der Waals surface area contributed by atoms with Gasteiger partial charge < -0.3 is 16.8 Å². The number of carbonyl (C=O) groups is 1. The van der Waals surface area contributed by atoms with Gasteiger partial charge in [0.15, 0.2) is 5.96 Å². The molecule has 1 rings (SSSR count). The van der Waals surface area contributed by atoms with E-state index in [9.17, 15) is 4.79 Å². The minimum atomic E-state index is -0.700. The molecule has 8 heteroatoms. The minimum Gasteiger partial charge on any atom is -0.370 e. The SMILES string of the molecule is NC(N)=NC(=O)Nc1cc(Cl)c(Br)c(Cl)c1. The van der Waals surface area contributed by atoms with Crippen LogP contribution >= 0.6 is 39.1 Å². The molecule has 0 aliphatic carbocycles. The summed E-state index contributed by atoms with van der Waals surface area (Å²) < 4.78 is 0.552. The Kier molecular flexibility index (Phi) is 4.40. The first kappa shape index (κ1) is 13.1. The van der Waals surface area contributed by atoms with Crippen molar-refractivity contribution < 1.29 is 4.79 Å². The van der Waals surface area contributed by atoms with Gasteiger partial charge in [0.05, 0.1) is 14.5 Å². The van der Waals surface area contributed by atoms with Crippen molar-refractivity contribution in [3.8, 4) is 0 Å². The maximum atomic E-state index is 11.2. The molecule has 0 fully saturated rings. The quantitative estimate of drug-likeness (QED) is 0.421. The van der Waals surface area contributed by atoms with Crippen molar-refractivity contribution in [3.05, 3.63) is 26.7 Å². The second-order valence-electron chi connectivity index (χ2n) is 2.72. The molecule has 16 heavy (non-hydrogen) atoms. The summed E-state index contributed by atoms with van der Waals surface area (Å²) in [7, 11) is 0. The van der Waals surface area contributed by atoms with Crippen LogP contribution in [0, 0.1) is 0 Å². The predicted octanol–water partition coefficient (Wildman–Crippen LogP) is 2.56. The Morgan fingerprint density at radius 2 is 1.81 bits per heavy atom. The number of halogens is 3. The summed E-state index contributed by atoms with van der Waals surface area (Å²) in [5, 5.41) is 3.14. The number of nitrogens with one attached hydrogen (secondary N) is 1. The molecule has 1 aromatic carbocycles. The highest BCUT2D eigenvalue weighted by molar-refractivity contribution is 9.10. The molecule has 0 bridgehead atoms. The summed E-state index contributed by atoms with van der Waals surface area (Å²) in [5.74, 6) is -0.327. The number of nitrogens with two attached hydrogens (primary N) is 2. The third kappa shape index (κ3) is 3.55. The van der Waals surface area contributed by atoms with Gasteiger partial charge in [0.2, 0.25) is 0 Å². The van der Waals surface area contributed by atoms with Crippen molar-refractivity contribution in [2.24, 2.45) is 16.5 Å². The summed E-state index contributed by atoms with van der Waals surface area (Å²) in [5.41, 5.74) is 10.5. The van der Waals surface area contributed by atoms with Gasteiger partial charge in [-0.2, -0.15) is 4.99 Å². The lowest BCUT2D eigenvalue weighted by Gasteiger charge is -2.05. The van der Waals surface area contributed by atoms with Crippen LogP contribution in [0.4, 0.5) is 10.5 Å². The highest BCUT2D eigenvalue weighted by Crippen LogP contribution is 2.33. The molecular formula is C8H7BrCl2N4O. The summed E-state index contributed by atoms with van der Waals surface area (Å²) >= 11 is 14.9. The zero-order valence-electron chi connectivity index (χ0n) is 7.80. The number of carbonyl (C=O) groups excluding carboxylic acids is 1. The van der Waals surface area contributed by atoms with E-state index in [0.717, 1.165) is 0 Å². The molecular weight excluding hydrogens is 319 g/mol. The van der Waals surface area contributed by atoms with Gasteiger partial charge in [0.25, 0.3) is 0 Å². The van der Waals surface area contributed by atoms with Crippen molar-refractivity contribution in [2.45, 2.75) is 0 Å². The first-order valence-corrected chi connectivity index (χ1v) is 5.50. The number of rotatable bonds is 1. The maximum Gasteiger partial charge on any atom is 0.348 e. The number of amides is 2. The van der Waals surface area contributed by atoms with E-state index in [2.05, 4.69) is 26.2 Å². The largest absolute Gasteiger partial charge is 0.370 e. The molecule has 5 N–H and O–H groups in total. The molecule has 0 heterocycles. The topological polar surface area (TPSA) is 93.5 Å². The van der Waals surface area contributed by atoms with Gasteiger partial charge in [-0.25, -0.2) is 4.79 Å². The second-order valence-corrected chi connectivity index (χ2v) is 4.33. The van der Waals surface area contributed by atoms with Crippen LogP contribution in [0.1, 0.15) is 0 Å². The molecule has 2 amide bonds. The van der Waals surface area contributed by atoms with E-state index in [1.807, 2.05) is 0 Å². The zero-order valence-corrected chi connectivity index (χ0v) is 10.9. The zero-order chi connectivity index (χ0) is 12.3.